The summed E-state index contributed by atoms with van der Waals surface area (Å²) in [4.78, 5) is 26.5. The predicted molar refractivity (Wildman–Crippen MR) is 137 cm³/mol. The number of hydrogen-bond donors (Lipinski definition) is 1. The smallest absolute Gasteiger partial charge is 0.336 e. The molecule has 1 N–H and O–H groups in total. The number of allylic oxidation sites excluding steroid dienone is 1. The van der Waals surface area contributed by atoms with E-state index >= 15 is 0 Å². The molecule has 0 unspecified atom stereocenters. The van der Waals surface area contributed by atoms with Gasteiger partial charge in [0.15, 0.2) is 17.3 Å². The van der Waals surface area contributed by atoms with Crippen molar-refractivity contribution in [2.75, 3.05) is 21.3 Å². The van der Waals surface area contributed by atoms with Gasteiger partial charge in [-0.2, -0.15) is 8.75 Å². The lowest BCUT2D eigenvalue weighted by molar-refractivity contribution is -0.130. The number of Topliss-reactive ketones (excluding diaryl/α,β-unsaturated/α-hetero) is 1. The largest absolute Gasteiger partial charge is 0.496 e. The number of nitrogens with zero attached hydrogens (tertiary/aromatic N) is 2. The standard InChI is InChI=1S/C27H24N2O6S/c1-15-11-16(5-9-22(15)33-2)12-19(26(30)18-7-10-23(34-3)24(14-18)35-4)25(27(31)32)17-6-8-20-21(13-17)29-36-28-20/h5-11,13-14H,12H2,1-4H3,(H,31,32). The second-order valence-corrected chi connectivity index (χ2v) is 8.53. The lowest BCUT2D eigenvalue weighted by atomic mass is 9.89. The van der Waals surface area contributed by atoms with Crippen LogP contribution in [0.1, 0.15) is 27.0 Å². The average molecular weight is 505 g/mol. The molecule has 4 aromatic rings. The van der Waals surface area contributed by atoms with E-state index in [2.05, 4.69) is 8.75 Å². The summed E-state index contributed by atoms with van der Waals surface area (Å²) in [6.07, 6.45) is 0.0903. The quantitative estimate of drug-likeness (QED) is 0.251. The molecule has 0 saturated carbocycles. The molecule has 1 aromatic heterocycles. The molecule has 9 heteroatoms. The van der Waals surface area contributed by atoms with Gasteiger partial charge in [0.05, 0.1) is 38.6 Å². The number of benzene rings is 3. The van der Waals surface area contributed by atoms with Crippen molar-refractivity contribution >= 4 is 40.1 Å². The third-order valence-electron chi connectivity index (χ3n) is 5.82. The summed E-state index contributed by atoms with van der Waals surface area (Å²) >= 11 is 1.04. The molecule has 0 aliphatic rings. The molecule has 0 aliphatic carbocycles. The number of carboxylic acid groups (broad SMARTS) is 1. The summed E-state index contributed by atoms with van der Waals surface area (Å²) in [5, 5.41) is 10.3. The number of hydrogen-bond acceptors (Lipinski definition) is 8. The van der Waals surface area contributed by atoms with Crippen LogP contribution in [0.15, 0.2) is 60.2 Å². The maximum Gasteiger partial charge on any atom is 0.336 e. The zero-order chi connectivity index (χ0) is 25.8. The molecule has 36 heavy (non-hydrogen) atoms. The van der Waals surface area contributed by atoms with Crippen molar-refractivity contribution in [2.45, 2.75) is 13.3 Å². The van der Waals surface area contributed by atoms with E-state index in [4.69, 9.17) is 14.2 Å². The van der Waals surface area contributed by atoms with Crippen LogP contribution < -0.4 is 14.2 Å². The number of rotatable bonds is 9. The number of carbonyl (C=O) groups excluding carboxylic acids is 1. The van der Waals surface area contributed by atoms with E-state index in [1.165, 1.54) is 14.2 Å². The van der Waals surface area contributed by atoms with Gasteiger partial charge >= 0.3 is 5.97 Å². The Morgan fingerprint density at radius 1 is 0.806 bits per heavy atom. The molecule has 3 aromatic carbocycles. The first-order chi connectivity index (χ1) is 17.4. The number of aliphatic carboxylic acids is 1. The number of aryl methyl sites for hydroxylation is 1. The molecule has 0 spiro atoms. The third-order valence-corrected chi connectivity index (χ3v) is 6.37. The minimum atomic E-state index is -1.22. The maximum atomic E-state index is 13.9. The Balaban J connectivity index is 1.91. The highest BCUT2D eigenvalue weighted by Gasteiger charge is 2.25. The highest BCUT2D eigenvalue weighted by atomic mass is 32.1. The first-order valence-electron chi connectivity index (χ1n) is 11.0. The van der Waals surface area contributed by atoms with Gasteiger partial charge in [-0.15, -0.1) is 0 Å². The van der Waals surface area contributed by atoms with Crippen LogP contribution in [0, 0.1) is 6.92 Å². The monoisotopic (exact) mass is 504 g/mol. The lowest BCUT2D eigenvalue weighted by Crippen LogP contribution is -2.14. The van der Waals surface area contributed by atoms with Gasteiger partial charge in [0, 0.05) is 17.6 Å². The van der Waals surface area contributed by atoms with Gasteiger partial charge < -0.3 is 19.3 Å². The number of carboxylic acids is 1. The van der Waals surface area contributed by atoms with Gasteiger partial charge in [0.25, 0.3) is 0 Å². The van der Waals surface area contributed by atoms with Gasteiger partial charge in [-0.05, 0) is 60.0 Å². The number of aromatic nitrogens is 2. The number of ketones is 1. The van der Waals surface area contributed by atoms with Crippen LogP contribution in [0.2, 0.25) is 0 Å². The minimum Gasteiger partial charge on any atom is -0.496 e. The van der Waals surface area contributed by atoms with Crippen molar-refractivity contribution in [1.29, 1.82) is 0 Å². The Hall–Kier alpha value is -4.24. The first kappa shape index (κ1) is 24.9. The summed E-state index contributed by atoms with van der Waals surface area (Å²) in [5.41, 5.74) is 3.55. The zero-order valence-corrected chi connectivity index (χ0v) is 21.0. The maximum absolute atomic E-state index is 13.9. The van der Waals surface area contributed by atoms with Gasteiger partial charge in [-0.1, -0.05) is 18.2 Å². The molecule has 0 amide bonds. The summed E-state index contributed by atoms with van der Waals surface area (Å²) in [6, 6.07) is 15.3. The van der Waals surface area contributed by atoms with Crippen molar-refractivity contribution < 1.29 is 28.9 Å². The van der Waals surface area contributed by atoms with Crippen LogP contribution in [0.5, 0.6) is 17.2 Å². The Morgan fingerprint density at radius 3 is 2.14 bits per heavy atom. The van der Waals surface area contributed by atoms with Crippen molar-refractivity contribution in [2.24, 2.45) is 0 Å². The molecule has 0 bridgehead atoms. The van der Waals surface area contributed by atoms with E-state index in [9.17, 15) is 14.7 Å². The van der Waals surface area contributed by atoms with Crippen molar-refractivity contribution in [3.63, 3.8) is 0 Å². The van der Waals surface area contributed by atoms with Gasteiger partial charge in [0.2, 0.25) is 0 Å². The van der Waals surface area contributed by atoms with Crippen LogP contribution >= 0.6 is 11.7 Å². The van der Waals surface area contributed by atoms with E-state index < -0.39 is 11.8 Å². The minimum absolute atomic E-state index is 0.0903. The van der Waals surface area contributed by atoms with Crippen LogP contribution in [0.25, 0.3) is 16.6 Å². The van der Waals surface area contributed by atoms with Crippen LogP contribution in [0.3, 0.4) is 0 Å². The third kappa shape index (κ3) is 4.92. The van der Waals surface area contributed by atoms with Gasteiger partial charge in [-0.3, -0.25) is 4.79 Å². The Morgan fingerprint density at radius 2 is 1.47 bits per heavy atom. The SMILES string of the molecule is COc1ccc(CC(C(=O)c2ccc(OC)c(OC)c2)=C(C(=O)O)c2ccc3nsnc3c2)cc1C. The van der Waals surface area contributed by atoms with Crippen LogP contribution in [-0.4, -0.2) is 46.9 Å². The fourth-order valence-electron chi connectivity index (χ4n) is 4.05. The van der Waals surface area contributed by atoms with E-state index in [1.807, 2.05) is 19.1 Å². The van der Waals surface area contributed by atoms with Gasteiger partial charge in [-0.25, -0.2) is 4.79 Å². The summed E-state index contributed by atoms with van der Waals surface area (Å²) in [5.74, 6) is -0.111. The number of carbonyl (C=O) groups is 2. The fourth-order valence-corrected chi connectivity index (χ4v) is 4.57. The summed E-state index contributed by atoms with van der Waals surface area (Å²) in [7, 11) is 4.56. The number of methoxy groups -OCH3 is 3. The van der Waals surface area contributed by atoms with Crippen molar-refractivity contribution in [1.82, 2.24) is 8.75 Å². The highest BCUT2D eigenvalue weighted by Crippen LogP contribution is 2.32. The predicted octanol–water partition coefficient (Wildman–Crippen LogP) is 4.99. The lowest BCUT2D eigenvalue weighted by Gasteiger charge is -2.15. The van der Waals surface area contributed by atoms with Gasteiger partial charge in [0.1, 0.15) is 16.8 Å². The van der Waals surface area contributed by atoms with Crippen molar-refractivity contribution in [3.8, 4) is 17.2 Å². The molecule has 0 radical (unpaired) electrons. The molecular formula is C27H24N2O6S. The second kappa shape index (κ2) is 10.6. The molecule has 4 rings (SSSR count). The average Bonchev–Trinajstić information content (AvgIpc) is 3.35. The van der Waals surface area contributed by atoms with E-state index in [0.717, 1.165) is 22.9 Å². The van der Waals surface area contributed by atoms with Crippen LogP contribution in [-0.2, 0) is 11.2 Å². The topological polar surface area (TPSA) is 108 Å². The Bertz CT molecular complexity index is 1490. The molecule has 0 fully saturated rings. The number of ether oxygens (including phenoxy) is 3. The van der Waals surface area contributed by atoms with Crippen LogP contribution in [0.4, 0.5) is 0 Å². The van der Waals surface area contributed by atoms with E-state index in [0.29, 0.717) is 33.8 Å². The molecule has 1 heterocycles. The van der Waals surface area contributed by atoms with E-state index in [-0.39, 0.29) is 23.1 Å². The molecule has 0 aliphatic heterocycles. The normalized spacial score (nSPS) is 11.7. The highest BCUT2D eigenvalue weighted by molar-refractivity contribution is 7.00. The Labute approximate surface area is 212 Å². The summed E-state index contributed by atoms with van der Waals surface area (Å²) in [6.45, 7) is 1.89. The fraction of sp³-hybridized carbons (Fsp3) is 0.185. The zero-order valence-electron chi connectivity index (χ0n) is 20.2. The first-order valence-corrected chi connectivity index (χ1v) is 11.7. The molecule has 0 atom stereocenters. The molecule has 184 valence electrons. The molecular weight excluding hydrogens is 480 g/mol. The molecule has 8 nitrogen and oxygen atoms in total. The second-order valence-electron chi connectivity index (χ2n) is 8.01. The van der Waals surface area contributed by atoms with E-state index in [1.54, 1.807) is 49.6 Å². The number of fused-ring (bicyclic) bond motifs is 1. The molecule has 0 saturated heterocycles. The Kier molecular flexibility index (Phi) is 7.30. The summed E-state index contributed by atoms with van der Waals surface area (Å²) < 4.78 is 24.4. The van der Waals surface area contributed by atoms with Crippen molar-refractivity contribution in [3.05, 3.63) is 82.4 Å².